The second kappa shape index (κ2) is 11.0. The van der Waals surface area contributed by atoms with Crippen LogP contribution in [0.2, 0.25) is 0 Å². The number of benzene rings is 2. The molecule has 37 heavy (non-hydrogen) atoms. The van der Waals surface area contributed by atoms with Gasteiger partial charge in [0.1, 0.15) is 0 Å². The maximum atomic E-state index is 13.0. The Morgan fingerprint density at radius 2 is 1.76 bits per heavy atom. The number of nitrogens with zero attached hydrogens (tertiary/aromatic N) is 3. The highest BCUT2D eigenvalue weighted by atomic mass is 32.1. The van der Waals surface area contributed by atoms with E-state index in [9.17, 15) is 4.79 Å². The number of carbonyl (C=O) groups is 1. The maximum Gasteiger partial charge on any atom is 0.226 e. The van der Waals surface area contributed by atoms with Crippen molar-refractivity contribution in [1.82, 2.24) is 19.8 Å². The number of thiocarbonyl (C=S) groups is 1. The number of nitrogens with one attached hydrogen (secondary N) is 2. The largest absolute Gasteiger partial charge is 0.352 e. The first kappa shape index (κ1) is 24.7. The van der Waals surface area contributed by atoms with E-state index in [1.165, 1.54) is 0 Å². The van der Waals surface area contributed by atoms with Crippen molar-refractivity contribution in [1.29, 1.82) is 0 Å². The van der Waals surface area contributed by atoms with Crippen molar-refractivity contribution in [2.45, 2.75) is 38.8 Å². The third-order valence-corrected chi connectivity index (χ3v) is 7.23. The van der Waals surface area contributed by atoms with E-state index in [4.69, 9.17) is 12.2 Å². The van der Waals surface area contributed by atoms with Crippen molar-refractivity contribution in [2.24, 2.45) is 0 Å². The van der Waals surface area contributed by atoms with E-state index in [0.717, 1.165) is 40.4 Å². The van der Waals surface area contributed by atoms with Crippen molar-refractivity contribution >= 4 is 28.9 Å². The molecule has 0 unspecified atom stereocenters. The van der Waals surface area contributed by atoms with Crippen LogP contribution in [0.1, 0.15) is 48.1 Å². The van der Waals surface area contributed by atoms with Gasteiger partial charge in [-0.25, -0.2) is 0 Å². The molecule has 0 bridgehead atoms. The number of para-hydroxylation sites is 2. The Morgan fingerprint density at radius 1 is 1.00 bits per heavy atom. The molecule has 0 saturated carbocycles. The van der Waals surface area contributed by atoms with E-state index >= 15 is 0 Å². The van der Waals surface area contributed by atoms with Gasteiger partial charge in [-0.3, -0.25) is 9.78 Å². The first-order valence-electron chi connectivity index (χ1n) is 12.7. The van der Waals surface area contributed by atoms with Gasteiger partial charge in [-0.15, -0.1) is 0 Å². The number of rotatable bonds is 8. The first-order chi connectivity index (χ1) is 18.1. The van der Waals surface area contributed by atoms with E-state index in [-0.39, 0.29) is 18.0 Å². The van der Waals surface area contributed by atoms with Gasteiger partial charge < -0.3 is 20.1 Å². The van der Waals surface area contributed by atoms with Crippen LogP contribution >= 0.6 is 12.2 Å². The molecule has 1 saturated heterocycles. The zero-order chi connectivity index (χ0) is 25.8. The SMILES string of the molecule is CCc1ccccc1NC(=O)CCN1C(=S)N[C@H](c2ccccn2)[C@@H]1c1ccc(C)n1-c1ccccc1. The fourth-order valence-electron chi connectivity index (χ4n) is 5.07. The van der Waals surface area contributed by atoms with Crippen LogP contribution in [0.3, 0.4) is 0 Å². The number of anilines is 1. The molecule has 3 heterocycles. The van der Waals surface area contributed by atoms with Gasteiger partial charge in [-0.2, -0.15) is 0 Å². The minimum Gasteiger partial charge on any atom is -0.352 e. The second-order valence-electron chi connectivity index (χ2n) is 9.20. The Labute approximate surface area is 223 Å². The third kappa shape index (κ3) is 5.13. The summed E-state index contributed by atoms with van der Waals surface area (Å²) in [4.78, 5) is 19.8. The summed E-state index contributed by atoms with van der Waals surface area (Å²) in [6.07, 6.45) is 2.98. The average Bonchev–Trinajstić information content (AvgIpc) is 3.47. The van der Waals surface area contributed by atoms with Crippen LogP contribution in [0.5, 0.6) is 0 Å². The summed E-state index contributed by atoms with van der Waals surface area (Å²) in [5.74, 6) is -0.0293. The molecular formula is C30H31N5OS. The van der Waals surface area contributed by atoms with Gasteiger partial charge in [-0.1, -0.05) is 49.4 Å². The van der Waals surface area contributed by atoms with Gasteiger partial charge in [0.2, 0.25) is 5.91 Å². The number of aromatic nitrogens is 2. The zero-order valence-electron chi connectivity index (χ0n) is 21.1. The molecule has 2 N–H and O–H groups in total. The van der Waals surface area contributed by atoms with Crippen molar-refractivity contribution < 1.29 is 4.79 Å². The van der Waals surface area contributed by atoms with Crippen molar-refractivity contribution in [3.63, 3.8) is 0 Å². The minimum atomic E-state index is -0.144. The average molecular weight is 510 g/mol. The van der Waals surface area contributed by atoms with Crippen LogP contribution in [0, 0.1) is 6.92 Å². The molecule has 0 spiro atoms. The van der Waals surface area contributed by atoms with Gasteiger partial charge in [0.25, 0.3) is 0 Å². The highest BCUT2D eigenvalue weighted by Crippen LogP contribution is 2.40. The molecule has 188 valence electrons. The Bertz CT molecular complexity index is 1390. The van der Waals surface area contributed by atoms with Gasteiger partial charge in [-0.05, 0) is 73.6 Å². The first-order valence-corrected chi connectivity index (χ1v) is 13.1. The molecule has 6 nitrogen and oxygen atoms in total. The lowest BCUT2D eigenvalue weighted by molar-refractivity contribution is -0.116. The molecule has 2 aromatic heterocycles. The molecule has 1 fully saturated rings. The summed E-state index contributed by atoms with van der Waals surface area (Å²) in [5.41, 5.74) is 6.23. The monoisotopic (exact) mass is 509 g/mol. The standard InChI is InChI=1S/C30H31N5OS/c1-3-22-11-7-8-14-24(22)32-27(36)18-20-34-29(28(33-30(34)37)25-15-9-10-19-31-25)26-17-16-21(2)35(26)23-12-5-4-6-13-23/h4-17,19,28-29H,3,18,20H2,1-2H3,(H,32,36)(H,33,37)/t28-,29+/m1/s1. The summed E-state index contributed by atoms with van der Waals surface area (Å²) in [6, 6.07) is 28.2. The Kier molecular flexibility index (Phi) is 7.32. The molecule has 0 aliphatic carbocycles. The number of hydrogen-bond donors (Lipinski definition) is 2. The second-order valence-corrected chi connectivity index (χ2v) is 9.59. The lowest BCUT2D eigenvalue weighted by Crippen LogP contribution is -2.33. The maximum absolute atomic E-state index is 13.0. The lowest BCUT2D eigenvalue weighted by Gasteiger charge is -2.29. The van der Waals surface area contributed by atoms with E-state index in [2.05, 4.69) is 63.2 Å². The highest BCUT2D eigenvalue weighted by Gasteiger charge is 2.41. The third-order valence-electron chi connectivity index (χ3n) is 6.87. The fourth-order valence-corrected chi connectivity index (χ4v) is 5.40. The van der Waals surface area contributed by atoms with Crippen LogP contribution in [-0.4, -0.2) is 32.0 Å². The quantitative estimate of drug-likeness (QED) is 0.297. The summed E-state index contributed by atoms with van der Waals surface area (Å²) in [6.45, 7) is 4.68. The van der Waals surface area contributed by atoms with Gasteiger partial charge in [0.05, 0.1) is 17.8 Å². The molecule has 0 radical (unpaired) electrons. The van der Waals surface area contributed by atoms with Crippen LogP contribution in [0.4, 0.5) is 5.69 Å². The highest BCUT2D eigenvalue weighted by molar-refractivity contribution is 7.80. The van der Waals surface area contributed by atoms with E-state index < -0.39 is 0 Å². The topological polar surface area (TPSA) is 62.2 Å². The molecular weight excluding hydrogens is 478 g/mol. The molecule has 2 atom stereocenters. The molecule has 7 heteroatoms. The molecule has 5 rings (SSSR count). The van der Waals surface area contributed by atoms with Crippen LogP contribution in [0.15, 0.2) is 91.1 Å². The smallest absolute Gasteiger partial charge is 0.226 e. The van der Waals surface area contributed by atoms with Crippen LogP contribution in [0.25, 0.3) is 5.69 Å². The summed E-state index contributed by atoms with van der Waals surface area (Å²) in [5, 5.41) is 7.22. The number of hydrogen-bond acceptors (Lipinski definition) is 3. The van der Waals surface area contributed by atoms with Crippen LogP contribution < -0.4 is 10.6 Å². The number of carbonyl (C=O) groups excluding carboxylic acids is 1. The van der Waals surface area contributed by atoms with E-state index in [0.29, 0.717) is 18.1 Å². The minimum absolute atomic E-state index is 0.0293. The van der Waals surface area contributed by atoms with Gasteiger partial charge in [0.15, 0.2) is 5.11 Å². The fraction of sp³-hybridized carbons (Fsp3) is 0.233. The van der Waals surface area contributed by atoms with E-state index in [1.807, 2.05) is 60.7 Å². The number of aryl methyl sites for hydroxylation is 2. The molecule has 2 aromatic carbocycles. The predicted octanol–water partition coefficient (Wildman–Crippen LogP) is 5.74. The Hall–Kier alpha value is -3.97. The normalized spacial score (nSPS) is 17.0. The Balaban J connectivity index is 1.46. The summed E-state index contributed by atoms with van der Waals surface area (Å²) < 4.78 is 2.26. The van der Waals surface area contributed by atoms with Crippen molar-refractivity contribution in [3.8, 4) is 5.69 Å². The van der Waals surface area contributed by atoms with Crippen molar-refractivity contribution in [3.05, 3.63) is 114 Å². The van der Waals surface area contributed by atoms with Crippen LogP contribution in [-0.2, 0) is 11.2 Å². The molecule has 4 aromatic rings. The molecule has 1 amide bonds. The predicted molar refractivity (Wildman–Crippen MR) is 152 cm³/mol. The Morgan fingerprint density at radius 3 is 2.51 bits per heavy atom. The molecule has 1 aliphatic heterocycles. The van der Waals surface area contributed by atoms with Gasteiger partial charge >= 0.3 is 0 Å². The number of pyridine rings is 1. The van der Waals surface area contributed by atoms with Crippen molar-refractivity contribution in [2.75, 3.05) is 11.9 Å². The summed E-state index contributed by atoms with van der Waals surface area (Å²) in [7, 11) is 0. The van der Waals surface area contributed by atoms with E-state index in [1.54, 1.807) is 6.20 Å². The zero-order valence-corrected chi connectivity index (χ0v) is 21.9. The lowest BCUT2D eigenvalue weighted by atomic mass is 10.0. The number of amides is 1. The summed E-state index contributed by atoms with van der Waals surface area (Å²) >= 11 is 5.83. The van der Waals surface area contributed by atoms with Gasteiger partial charge in [0, 0.05) is 41.9 Å². The molecule has 1 aliphatic rings.